The van der Waals surface area contributed by atoms with Crippen molar-refractivity contribution in [2.75, 3.05) is 0 Å². The molecule has 2 heterocycles. The van der Waals surface area contributed by atoms with Crippen molar-refractivity contribution in [3.63, 3.8) is 0 Å². The highest BCUT2D eigenvalue weighted by atomic mass is 32.1. The predicted molar refractivity (Wildman–Crippen MR) is 123 cm³/mol. The van der Waals surface area contributed by atoms with Crippen molar-refractivity contribution in [1.82, 2.24) is 0 Å². The van der Waals surface area contributed by atoms with Crippen LogP contribution in [0.1, 0.15) is 110 Å². The quantitative estimate of drug-likeness (QED) is 0.243. The molecular weight excluding hydrogens is 384 g/mol. The summed E-state index contributed by atoms with van der Waals surface area (Å²) in [4.78, 5) is 28.2. The highest BCUT2D eigenvalue weighted by Crippen LogP contribution is 2.41. The lowest BCUT2D eigenvalue weighted by atomic mass is 10.0. The van der Waals surface area contributed by atoms with Gasteiger partial charge in [0.2, 0.25) is 0 Å². The van der Waals surface area contributed by atoms with Crippen molar-refractivity contribution < 1.29 is 9.59 Å². The summed E-state index contributed by atoms with van der Waals surface area (Å²) in [7, 11) is 0. The van der Waals surface area contributed by atoms with Crippen molar-refractivity contribution >= 4 is 34.2 Å². The number of aryl methyl sites for hydroxylation is 2. The average molecular weight is 419 g/mol. The molecule has 0 aliphatic rings. The standard InChI is InChI=1S/C24H34O2S2/c1-5-7-9-11-13-19-15-21(17(3)25)27-23(19)24-20(14-12-10-8-6-2)16-22(28-24)18(4)26/h15-16H,5-14H2,1-4H3. The summed E-state index contributed by atoms with van der Waals surface area (Å²) in [6.45, 7) is 7.75. The normalized spacial score (nSPS) is 11.1. The topological polar surface area (TPSA) is 34.1 Å². The van der Waals surface area contributed by atoms with E-state index in [1.54, 1.807) is 36.5 Å². The second-order valence-electron chi connectivity index (χ2n) is 7.66. The van der Waals surface area contributed by atoms with Gasteiger partial charge in [-0.05, 0) is 62.8 Å². The number of carbonyl (C=O) groups is 2. The van der Waals surface area contributed by atoms with Crippen LogP contribution >= 0.6 is 22.7 Å². The summed E-state index contributed by atoms with van der Waals surface area (Å²) in [5.74, 6) is 0.276. The first-order chi connectivity index (χ1) is 13.5. The highest BCUT2D eigenvalue weighted by molar-refractivity contribution is 7.24. The lowest BCUT2D eigenvalue weighted by Crippen LogP contribution is -1.90. The smallest absolute Gasteiger partial charge is 0.169 e. The summed E-state index contributed by atoms with van der Waals surface area (Å²) in [5.41, 5.74) is 2.58. The van der Waals surface area contributed by atoms with Gasteiger partial charge in [-0.3, -0.25) is 9.59 Å². The third-order valence-corrected chi connectivity index (χ3v) is 7.84. The lowest BCUT2D eigenvalue weighted by Gasteiger charge is -2.06. The van der Waals surface area contributed by atoms with Gasteiger partial charge >= 0.3 is 0 Å². The van der Waals surface area contributed by atoms with Crippen molar-refractivity contribution in [1.29, 1.82) is 0 Å². The molecule has 0 radical (unpaired) electrons. The van der Waals surface area contributed by atoms with Crippen LogP contribution in [-0.4, -0.2) is 11.6 Å². The Labute approximate surface area is 178 Å². The monoisotopic (exact) mass is 418 g/mol. The van der Waals surface area contributed by atoms with E-state index in [9.17, 15) is 9.59 Å². The van der Waals surface area contributed by atoms with Gasteiger partial charge in [0.15, 0.2) is 11.6 Å². The molecule has 2 aromatic rings. The minimum atomic E-state index is 0.138. The number of Topliss-reactive ketones (excluding diaryl/α,β-unsaturated/α-hetero) is 2. The minimum Gasteiger partial charge on any atom is -0.294 e. The molecule has 4 heteroatoms. The van der Waals surface area contributed by atoms with E-state index in [2.05, 4.69) is 26.0 Å². The maximum Gasteiger partial charge on any atom is 0.169 e. The summed E-state index contributed by atoms with van der Waals surface area (Å²) < 4.78 is 0. The Morgan fingerprint density at radius 2 is 1.07 bits per heavy atom. The van der Waals surface area contributed by atoms with Crippen LogP contribution in [-0.2, 0) is 12.8 Å². The van der Waals surface area contributed by atoms with Crippen LogP contribution in [0.3, 0.4) is 0 Å². The second kappa shape index (κ2) is 11.7. The lowest BCUT2D eigenvalue weighted by molar-refractivity contribution is 0.101. The van der Waals surface area contributed by atoms with Crippen LogP contribution in [0.4, 0.5) is 0 Å². The summed E-state index contributed by atoms with van der Waals surface area (Å²) in [5, 5.41) is 0. The number of ketones is 2. The predicted octanol–water partition coefficient (Wildman–Crippen LogP) is 8.13. The molecule has 0 atom stereocenters. The molecule has 0 bridgehead atoms. The Morgan fingerprint density at radius 1 is 0.679 bits per heavy atom. The zero-order chi connectivity index (χ0) is 20.5. The number of carbonyl (C=O) groups excluding carboxylic acids is 2. The van der Waals surface area contributed by atoms with Crippen LogP contribution in [0, 0.1) is 0 Å². The molecule has 0 amide bonds. The number of rotatable bonds is 13. The maximum atomic E-state index is 12.0. The first kappa shape index (κ1) is 23.0. The van der Waals surface area contributed by atoms with Gasteiger partial charge in [-0.15, -0.1) is 22.7 Å². The number of hydrogen-bond donors (Lipinski definition) is 0. The van der Waals surface area contributed by atoms with Crippen molar-refractivity contribution in [2.24, 2.45) is 0 Å². The van der Waals surface area contributed by atoms with Gasteiger partial charge in [0.25, 0.3) is 0 Å². The maximum absolute atomic E-state index is 12.0. The SMILES string of the molecule is CCCCCCc1cc(C(C)=O)sc1-c1sc(C(C)=O)cc1CCCCCC. The third kappa shape index (κ3) is 6.38. The Morgan fingerprint density at radius 3 is 1.39 bits per heavy atom. The molecule has 0 spiro atoms. The van der Waals surface area contributed by atoms with Gasteiger partial charge in [-0.2, -0.15) is 0 Å². The van der Waals surface area contributed by atoms with Gasteiger partial charge in [-0.1, -0.05) is 52.4 Å². The Hall–Kier alpha value is -1.26. The van der Waals surface area contributed by atoms with E-state index in [0.717, 1.165) is 35.4 Å². The molecule has 0 aromatic carbocycles. The second-order valence-corrected chi connectivity index (χ2v) is 9.77. The third-order valence-electron chi connectivity index (χ3n) is 5.12. The molecule has 2 nitrogen and oxygen atoms in total. The van der Waals surface area contributed by atoms with E-state index in [1.807, 2.05) is 0 Å². The Kier molecular flexibility index (Phi) is 9.60. The molecule has 28 heavy (non-hydrogen) atoms. The molecule has 0 aliphatic carbocycles. The molecule has 154 valence electrons. The van der Waals surface area contributed by atoms with Gasteiger partial charge in [0, 0.05) is 9.75 Å². The number of thiophene rings is 2. The van der Waals surface area contributed by atoms with Crippen LogP contribution < -0.4 is 0 Å². The van der Waals surface area contributed by atoms with E-state index < -0.39 is 0 Å². The molecule has 2 aromatic heterocycles. The zero-order valence-electron chi connectivity index (χ0n) is 17.9. The zero-order valence-corrected chi connectivity index (χ0v) is 19.5. The summed E-state index contributed by atoms with van der Waals surface area (Å²) >= 11 is 3.23. The highest BCUT2D eigenvalue weighted by Gasteiger charge is 2.20. The van der Waals surface area contributed by atoms with Crippen molar-refractivity contribution in [3.05, 3.63) is 33.0 Å². The molecule has 0 N–H and O–H groups in total. The fraction of sp³-hybridized carbons (Fsp3) is 0.583. The van der Waals surface area contributed by atoms with Gasteiger partial charge in [0.05, 0.1) is 9.75 Å². The molecule has 0 unspecified atom stereocenters. The molecule has 0 fully saturated rings. The number of hydrogen-bond acceptors (Lipinski definition) is 4. The summed E-state index contributed by atoms with van der Waals surface area (Å²) in [6.07, 6.45) is 11.8. The van der Waals surface area contributed by atoms with Crippen LogP contribution in [0.5, 0.6) is 0 Å². The Balaban J connectivity index is 2.34. The van der Waals surface area contributed by atoms with E-state index in [1.165, 1.54) is 59.4 Å². The van der Waals surface area contributed by atoms with E-state index >= 15 is 0 Å². The molecule has 0 saturated carbocycles. The Bertz CT molecular complexity index is 716. The van der Waals surface area contributed by atoms with Gasteiger partial charge < -0.3 is 0 Å². The van der Waals surface area contributed by atoms with E-state index in [4.69, 9.17) is 0 Å². The van der Waals surface area contributed by atoms with Crippen molar-refractivity contribution in [2.45, 2.75) is 91.9 Å². The summed E-state index contributed by atoms with van der Waals surface area (Å²) in [6, 6.07) is 4.20. The van der Waals surface area contributed by atoms with Crippen LogP contribution in [0.25, 0.3) is 9.75 Å². The first-order valence-corrected chi connectivity index (χ1v) is 12.4. The molecule has 2 rings (SSSR count). The minimum absolute atomic E-state index is 0.138. The fourth-order valence-electron chi connectivity index (χ4n) is 3.44. The van der Waals surface area contributed by atoms with Crippen LogP contribution in [0.15, 0.2) is 12.1 Å². The first-order valence-electron chi connectivity index (χ1n) is 10.8. The van der Waals surface area contributed by atoms with E-state index in [-0.39, 0.29) is 11.6 Å². The molecule has 0 aliphatic heterocycles. The molecular formula is C24H34O2S2. The van der Waals surface area contributed by atoms with Gasteiger partial charge in [-0.25, -0.2) is 0 Å². The van der Waals surface area contributed by atoms with Gasteiger partial charge in [0.1, 0.15) is 0 Å². The largest absolute Gasteiger partial charge is 0.294 e. The molecule has 0 saturated heterocycles. The number of unbranched alkanes of at least 4 members (excludes halogenated alkanes) is 6. The average Bonchev–Trinajstić information content (AvgIpc) is 3.26. The van der Waals surface area contributed by atoms with Crippen molar-refractivity contribution in [3.8, 4) is 9.75 Å². The van der Waals surface area contributed by atoms with E-state index in [0.29, 0.717) is 0 Å². The fourth-order valence-corrected chi connectivity index (χ4v) is 5.86. The van der Waals surface area contributed by atoms with Crippen LogP contribution in [0.2, 0.25) is 0 Å².